The molecule has 5 N–H and O–H groups in total. The van der Waals surface area contributed by atoms with Gasteiger partial charge in [0.15, 0.2) is 0 Å². The highest BCUT2D eigenvalue weighted by Gasteiger charge is 2.28. The van der Waals surface area contributed by atoms with Crippen LogP contribution in [0.5, 0.6) is 0 Å². The molecule has 0 bridgehead atoms. The Bertz CT molecular complexity index is 907. The number of carboxylic acids is 2. The van der Waals surface area contributed by atoms with Gasteiger partial charge in [0.1, 0.15) is 22.8 Å². The molecule has 0 amide bonds. The number of H-pyrrole nitrogens is 1. The summed E-state index contributed by atoms with van der Waals surface area (Å²) in [5, 5.41) is 18.3. The second kappa shape index (κ2) is 5.73. The van der Waals surface area contributed by atoms with E-state index in [0.29, 0.717) is 0 Å². The maximum Gasteiger partial charge on any atom is 0.342 e. The first-order chi connectivity index (χ1) is 10.6. The minimum absolute atomic E-state index is 0.0935. The van der Waals surface area contributed by atoms with Crippen LogP contribution in [0.3, 0.4) is 0 Å². The van der Waals surface area contributed by atoms with Crippen LogP contribution >= 0.6 is 11.6 Å². The number of aromatic amines is 1. The van der Waals surface area contributed by atoms with Crippen LogP contribution < -0.4 is 11.3 Å². The molecular weight excluding hydrogens is 331 g/mol. The molecule has 9 heteroatoms. The number of nitrogens with one attached hydrogen (secondary N) is 1. The molecule has 1 heterocycles. The summed E-state index contributed by atoms with van der Waals surface area (Å²) < 4.78 is 13.5. The molecule has 0 saturated carbocycles. The van der Waals surface area contributed by atoms with Gasteiger partial charge in [0.2, 0.25) is 0 Å². The SMILES string of the molecule is Cc1cc(-c2c(C(=O)O)c(N)[nH]c(=O)c2C(=O)O)c(Cl)cc1F. The molecule has 0 aliphatic rings. The maximum atomic E-state index is 13.5. The number of anilines is 1. The number of carboxylic acid groups (broad SMARTS) is 2. The topological polar surface area (TPSA) is 133 Å². The molecule has 120 valence electrons. The van der Waals surface area contributed by atoms with Gasteiger partial charge in [-0.05, 0) is 24.6 Å². The van der Waals surface area contributed by atoms with E-state index in [2.05, 4.69) is 0 Å². The highest BCUT2D eigenvalue weighted by molar-refractivity contribution is 6.34. The molecule has 0 atom stereocenters. The molecule has 2 aromatic rings. The second-order valence-corrected chi connectivity index (χ2v) is 5.09. The molecule has 0 radical (unpaired) electrons. The number of carbonyl (C=O) groups is 2. The molecule has 1 aromatic carbocycles. The van der Waals surface area contributed by atoms with Gasteiger partial charge in [0, 0.05) is 11.1 Å². The molecule has 0 fully saturated rings. The quantitative estimate of drug-likeness (QED) is 0.676. The van der Waals surface area contributed by atoms with E-state index < -0.39 is 45.8 Å². The molecule has 0 aliphatic carbocycles. The monoisotopic (exact) mass is 340 g/mol. The average molecular weight is 341 g/mol. The van der Waals surface area contributed by atoms with Gasteiger partial charge >= 0.3 is 11.9 Å². The van der Waals surface area contributed by atoms with E-state index in [0.717, 1.165) is 12.1 Å². The van der Waals surface area contributed by atoms with Crippen LogP contribution in [0.15, 0.2) is 16.9 Å². The van der Waals surface area contributed by atoms with Crippen molar-refractivity contribution in [1.82, 2.24) is 4.98 Å². The van der Waals surface area contributed by atoms with Gasteiger partial charge in [0.25, 0.3) is 5.56 Å². The summed E-state index contributed by atoms with van der Waals surface area (Å²) in [5.74, 6) is -4.41. The van der Waals surface area contributed by atoms with Crippen LogP contribution in [0.2, 0.25) is 5.02 Å². The number of aromatic carboxylic acids is 2. The fraction of sp³-hybridized carbons (Fsp3) is 0.0714. The lowest BCUT2D eigenvalue weighted by Gasteiger charge is -2.14. The molecule has 2 rings (SSSR count). The minimum Gasteiger partial charge on any atom is -0.478 e. The number of pyridine rings is 1. The van der Waals surface area contributed by atoms with Gasteiger partial charge < -0.3 is 20.9 Å². The molecule has 7 nitrogen and oxygen atoms in total. The largest absolute Gasteiger partial charge is 0.478 e. The van der Waals surface area contributed by atoms with E-state index in [9.17, 15) is 29.0 Å². The Morgan fingerprint density at radius 2 is 1.78 bits per heavy atom. The third-order valence-corrected chi connectivity index (χ3v) is 3.50. The van der Waals surface area contributed by atoms with Crippen molar-refractivity contribution in [2.75, 3.05) is 5.73 Å². The first kappa shape index (κ1) is 16.5. The number of benzene rings is 1. The highest BCUT2D eigenvalue weighted by atomic mass is 35.5. The highest BCUT2D eigenvalue weighted by Crippen LogP contribution is 2.35. The van der Waals surface area contributed by atoms with Crippen molar-refractivity contribution in [1.29, 1.82) is 0 Å². The third-order valence-electron chi connectivity index (χ3n) is 3.19. The van der Waals surface area contributed by atoms with Gasteiger partial charge in [0.05, 0.1) is 5.02 Å². The van der Waals surface area contributed by atoms with Gasteiger partial charge in [-0.2, -0.15) is 0 Å². The molecule has 23 heavy (non-hydrogen) atoms. The lowest BCUT2D eigenvalue weighted by atomic mass is 9.94. The van der Waals surface area contributed by atoms with Crippen molar-refractivity contribution in [3.63, 3.8) is 0 Å². The Kier molecular flexibility index (Phi) is 4.11. The van der Waals surface area contributed by atoms with Crippen molar-refractivity contribution >= 4 is 29.4 Å². The van der Waals surface area contributed by atoms with E-state index >= 15 is 0 Å². The first-order valence-corrected chi connectivity index (χ1v) is 6.51. The standard InChI is InChI=1S/C14H10ClFN2O5/c1-4-2-5(6(15)3-7(4)16)8-9(13(20)21)11(17)18-12(19)10(8)14(22)23/h2-3H,1H3,(H,20,21)(H,22,23)(H3,17,18,19). The van der Waals surface area contributed by atoms with Crippen LogP contribution in [0, 0.1) is 12.7 Å². The minimum atomic E-state index is -1.67. The van der Waals surface area contributed by atoms with Crippen molar-refractivity contribution in [3.05, 3.63) is 50.0 Å². The summed E-state index contributed by atoms with van der Waals surface area (Å²) >= 11 is 5.92. The van der Waals surface area contributed by atoms with Gasteiger partial charge in [-0.25, -0.2) is 14.0 Å². The molecular formula is C14H10ClFN2O5. The Morgan fingerprint density at radius 3 is 2.30 bits per heavy atom. The Balaban J connectivity index is 3.06. The van der Waals surface area contributed by atoms with Gasteiger partial charge in [-0.1, -0.05) is 11.6 Å². The van der Waals surface area contributed by atoms with Crippen molar-refractivity contribution in [3.8, 4) is 11.1 Å². The van der Waals surface area contributed by atoms with Gasteiger partial charge in [-0.3, -0.25) is 4.79 Å². The number of rotatable bonds is 3. The predicted molar refractivity (Wildman–Crippen MR) is 80.5 cm³/mol. The zero-order valence-corrected chi connectivity index (χ0v) is 12.4. The molecule has 0 aliphatic heterocycles. The summed E-state index contributed by atoms with van der Waals surface area (Å²) in [4.78, 5) is 36.7. The normalized spacial score (nSPS) is 10.6. The van der Waals surface area contributed by atoms with E-state index in [1.54, 1.807) is 0 Å². The second-order valence-electron chi connectivity index (χ2n) is 4.68. The van der Waals surface area contributed by atoms with Crippen LogP contribution in [0.25, 0.3) is 11.1 Å². The number of hydrogen-bond acceptors (Lipinski definition) is 4. The first-order valence-electron chi connectivity index (χ1n) is 6.13. The summed E-state index contributed by atoms with van der Waals surface area (Å²) in [5.41, 5.74) is 2.45. The van der Waals surface area contributed by atoms with Crippen LogP contribution in [0.4, 0.5) is 10.2 Å². The number of nitrogens with two attached hydrogens (primary N) is 1. The van der Waals surface area contributed by atoms with Gasteiger partial charge in [-0.15, -0.1) is 0 Å². The lowest BCUT2D eigenvalue weighted by Crippen LogP contribution is -2.24. The summed E-state index contributed by atoms with van der Waals surface area (Å²) in [7, 11) is 0. The maximum absolute atomic E-state index is 13.5. The van der Waals surface area contributed by atoms with Crippen molar-refractivity contribution in [2.45, 2.75) is 6.92 Å². The zero-order chi connectivity index (χ0) is 17.5. The third kappa shape index (κ3) is 2.76. The lowest BCUT2D eigenvalue weighted by molar-refractivity contribution is 0.0695. The molecule has 0 saturated heterocycles. The Hall–Kier alpha value is -2.87. The summed E-state index contributed by atoms with van der Waals surface area (Å²) in [6, 6.07) is 2.06. The van der Waals surface area contributed by atoms with Crippen molar-refractivity contribution < 1.29 is 24.2 Å². The summed E-state index contributed by atoms with van der Waals surface area (Å²) in [6.07, 6.45) is 0. The fourth-order valence-electron chi connectivity index (χ4n) is 2.16. The zero-order valence-electron chi connectivity index (χ0n) is 11.6. The molecule has 0 unspecified atom stereocenters. The number of hydrogen-bond donors (Lipinski definition) is 4. The molecule has 1 aromatic heterocycles. The number of aromatic nitrogens is 1. The van der Waals surface area contributed by atoms with Crippen LogP contribution in [0.1, 0.15) is 26.3 Å². The van der Waals surface area contributed by atoms with E-state index in [-0.39, 0.29) is 16.1 Å². The van der Waals surface area contributed by atoms with E-state index in [1.807, 2.05) is 4.98 Å². The fourth-order valence-corrected chi connectivity index (χ4v) is 2.41. The average Bonchev–Trinajstić information content (AvgIpc) is 2.40. The number of halogens is 2. The number of nitrogen functional groups attached to an aromatic ring is 1. The number of aryl methyl sites for hydroxylation is 1. The Morgan fingerprint density at radius 1 is 1.22 bits per heavy atom. The van der Waals surface area contributed by atoms with Crippen molar-refractivity contribution in [2.24, 2.45) is 0 Å². The molecule has 0 spiro atoms. The van der Waals surface area contributed by atoms with Crippen LogP contribution in [-0.4, -0.2) is 27.1 Å². The van der Waals surface area contributed by atoms with E-state index in [1.165, 1.54) is 6.92 Å². The summed E-state index contributed by atoms with van der Waals surface area (Å²) in [6.45, 7) is 1.38. The Labute approximate surface area is 133 Å². The smallest absolute Gasteiger partial charge is 0.342 e. The van der Waals surface area contributed by atoms with E-state index in [4.69, 9.17) is 17.3 Å². The predicted octanol–water partition coefficient (Wildman–Crippen LogP) is 2.12. The van der Waals surface area contributed by atoms with Crippen LogP contribution in [-0.2, 0) is 0 Å².